The third-order valence-electron chi connectivity index (χ3n) is 4.17. The molecule has 3 aromatic carbocycles. The normalized spacial score (nSPS) is 11.2. The fraction of sp³-hybridized carbons (Fsp3) is 0.217. The summed E-state index contributed by atoms with van der Waals surface area (Å²) in [6.07, 6.45) is 1.50. The van der Waals surface area contributed by atoms with Gasteiger partial charge in [0.1, 0.15) is 5.75 Å². The van der Waals surface area contributed by atoms with Crippen LogP contribution in [0.5, 0.6) is 17.2 Å². The molecule has 7 heteroatoms. The molecule has 3 rings (SSSR count). The van der Waals surface area contributed by atoms with Crippen LogP contribution in [-0.4, -0.2) is 29.9 Å². The number of carbonyl (C=O) groups excluding carboxylic acids is 1. The molecule has 3 aromatic rings. The van der Waals surface area contributed by atoms with Crippen LogP contribution in [0.15, 0.2) is 58.1 Å². The molecule has 0 aliphatic carbocycles. The van der Waals surface area contributed by atoms with E-state index in [1.807, 2.05) is 51.1 Å². The molecule has 0 heterocycles. The summed E-state index contributed by atoms with van der Waals surface area (Å²) in [7, 11) is 0. The molecule has 0 spiro atoms. The van der Waals surface area contributed by atoms with Crippen LogP contribution < -0.4 is 14.9 Å². The highest BCUT2D eigenvalue weighted by atomic mass is 79.9. The second kappa shape index (κ2) is 9.63. The predicted molar refractivity (Wildman–Crippen MR) is 122 cm³/mol. The number of hydrazone groups is 1. The molecule has 0 aliphatic rings. The smallest absolute Gasteiger partial charge is 0.275 e. The number of phenols is 1. The van der Waals surface area contributed by atoms with Crippen LogP contribution in [0.2, 0.25) is 0 Å². The van der Waals surface area contributed by atoms with E-state index in [2.05, 4.69) is 26.5 Å². The zero-order valence-corrected chi connectivity index (χ0v) is 18.6. The zero-order valence-electron chi connectivity index (χ0n) is 17.0. The molecule has 6 nitrogen and oxygen atoms in total. The van der Waals surface area contributed by atoms with Gasteiger partial charge in [-0.3, -0.25) is 4.79 Å². The molecular weight excluding hydrogens is 448 g/mol. The molecule has 0 saturated carbocycles. The Morgan fingerprint density at radius 2 is 1.90 bits per heavy atom. The van der Waals surface area contributed by atoms with Crippen LogP contribution in [0.3, 0.4) is 0 Å². The monoisotopic (exact) mass is 470 g/mol. The summed E-state index contributed by atoms with van der Waals surface area (Å²) in [4.78, 5) is 12.5. The average Bonchev–Trinajstić information content (AvgIpc) is 2.70. The summed E-state index contributed by atoms with van der Waals surface area (Å²) in [5.41, 5.74) is 3.32. The standard InChI is InChI=1S/C23H23BrN2O4/c1-4-29-21-10-15(9-19(24)22(21)30-14(2)3)13-25-26-23(28)18-11-16-7-5-6-8-17(16)12-20(18)27/h5-14,27H,4H2,1-3H3,(H,26,28). The lowest BCUT2D eigenvalue weighted by atomic mass is 10.1. The largest absolute Gasteiger partial charge is 0.507 e. The van der Waals surface area contributed by atoms with Crippen LogP contribution in [-0.2, 0) is 0 Å². The summed E-state index contributed by atoms with van der Waals surface area (Å²) in [5.74, 6) is 0.603. The Morgan fingerprint density at radius 1 is 1.20 bits per heavy atom. The number of fused-ring (bicyclic) bond motifs is 1. The van der Waals surface area contributed by atoms with Gasteiger partial charge in [-0.15, -0.1) is 0 Å². The van der Waals surface area contributed by atoms with E-state index in [0.29, 0.717) is 23.7 Å². The number of nitrogens with zero attached hydrogens (tertiary/aromatic N) is 1. The van der Waals surface area contributed by atoms with Crippen molar-refractivity contribution in [1.29, 1.82) is 0 Å². The Hall–Kier alpha value is -3.06. The highest BCUT2D eigenvalue weighted by Gasteiger charge is 2.14. The summed E-state index contributed by atoms with van der Waals surface area (Å²) in [6.45, 7) is 6.26. The lowest BCUT2D eigenvalue weighted by Gasteiger charge is -2.16. The number of hydrogen-bond acceptors (Lipinski definition) is 5. The van der Waals surface area contributed by atoms with Crippen molar-refractivity contribution in [2.45, 2.75) is 26.9 Å². The minimum atomic E-state index is -0.502. The SMILES string of the molecule is CCOc1cc(C=NNC(=O)c2cc3ccccc3cc2O)cc(Br)c1OC(C)C. The van der Waals surface area contributed by atoms with E-state index in [1.54, 1.807) is 18.2 Å². The molecule has 0 radical (unpaired) electrons. The fourth-order valence-electron chi connectivity index (χ4n) is 2.91. The van der Waals surface area contributed by atoms with Crippen molar-refractivity contribution in [3.05, 3.63) is 64.1 Å². The Morgan fingerprint density at radius 3 is 2.57 bits per heavy atom. The number of hydrogen-bond donors (Lipinski definition) is 2. The number of nitrogens with one attached hydrogen (secondary N) is 1. The predicted octanol–water partition coefficient (Wildman–Crippen LogP) is 5.26. The maximum Gasteiger partial charge on any atom is 0.275 e. The number of rotatable bonds is 7. The molecule has 30 heavy (non-hydrogen) atoms. The van der Waals surface area contributed by atoms with Gasteiger partial charge in [0.05, 0.1) is 29.0 Å². The van der Waals surface area contributed by atoms with Crippen molar-refractivity contribution in [1.82, 2.24) is 5.43 Å². The minimum Gasteiger partial charge on any atom is -0.507 e. The van der Waals surface area contributed by atoms with Crippen LogP contribution in [0.4, 0.5) is 0 Å². The first-order valence-corrected chi connectivity index (χ1v) is 10.4. The molecule has 0 atom stereocenters. The van der Waals surface area contributed by atoms with Crippen LogP contribution in [0.1, 0.15) is 36.7 Å². The lowest BCUT2D eigenvalue weighted by Crippen LogP contribution is -2.17. The number of ether oxygens (including phenoxy) is 2. The highest BCUT2D eigenvalue weighted by molar-refractivity contribution is 9.10. The van der Waals surface area contributed by atoms with Gasteiger partial charge in [-0.2, -0.15) is 5.10 Å². The molecule has 0 aromatic heterocycles. The maximum absolute atomic E-state index is 12.5. The van der Waals surface area contributed by atoms with Crippen molar-refractivity contribution in [3.8, 4) is 17.2 Å². The van der Waals surface area contributed by atoms with Crippen molar-refractivity contribution < 1.29 is 19.4 Å². The number of carbonyl (C=O) groups is 1. The van der Waals surface area contributed by atoms with Gasteiger partial charge in [-0.05, 0) is 77.3 Å². The number of phenolic OH excluding ortho intramolecular Hbond substituents is 1. The van der Waals surface area contributed by atoms with E-state index in [4.69, 9.17) is 9.47 Å². The van der Waals surface area contributed by atoms with Gasteiger partial charge >= 0.3 is 0 Å². The first-order chi connectivity index (χ1) is 14.4. The number of amides is 1. The number of benzene rings is 3. The molecule has 2 N–H and O–H groups in total. The van der Waals surface area contributed by atoms with E-state index < -0.39 is 5.91 Å². The fourth-order valence-corrected chi connectivity index (χ4v) is 3.46. The van der Waals surface area contributed by atoms with Crippen LogP contribution >= 0.6 is 15.9 Å². The summed E-state index contributed by atoms with van der Waals surface area (Å²) in [6, 6.07) is 14.3. The van der Waals surface area contributed by atoms with Crippen molar-refractivity contribution in [3.63, 3.8) is 0 Å². The quantitative estimate of drug-likeness (QED) is 0.364. The lowest BCUT2D eigenvalue weighted by molar-refractivity contribution is 0.0952. The third kappa shape index (κ3) is 5.10. The molecule has 0 saturated heterocycles. The van der Waals surface area contributed by atoms with Gasteiger partial charge in [0.25, 0.3) is 5.91 Å². The summed E-state index contributed by atoms with van der Waals surface area (Å²) < 4.78 is 12.2. The summed E-state index contributed by atoms with van der Waals surface area (Å²) >= 11 is 3.50. The molecule has 0 unspecified atom stereocenters. The Bertz CT molecular complexity index is 1100. The van der Waals surface area contributed by atoms with Crippen LogP contribution in [0, 0.1) is 0 Å². The molecule has 0 aliphatic heterocycles. The van der Waals surface area contributed by atoms with Crippen LogP contribution in [0.25, 0.3) is 10.8 Å². The number of halogens is 1. The van der Waals surface area contributed by atoms with E-state index in [-0.39, 0.29) is 17.4 Å². The molecule has 0 bridgehead atoms. The molecular formula is C23H23BrN2O4. The number of aromatic hydroxyl groups is 1. The van der Waals surface area contributed by atoms with Gasteiger partial charge in [0.15, 0.2) is 11.5 Å². The van der Waals surface area contributed by atoms with E-state index >= 15 is 0 Å². The molecule has 156 valence electrons. The molecule has 0 fully saturated rings. The maximum atomic E-state index is 12.5. The Balaban J connectivity index is 1.79. The van der Waals surface area contributed by atoms with Gasteiger partial charge in [-0.25, -0.2) is 5.43 Å². The zero-order chi connectivity index (χ0) is 21.7. The first-order valence-electron chi connectivity index (χ1n) is 9.57. The van der Waals surface area contributed by atoms with E-state index in [9.17, 15) is 9.90 Å². The minimum absolute atomic E-state index is 0.00561. The molecule has 1 amide bonds. The Kier molecular flexibility index (Phi) is 6.95. The highest BCUT2D eigenvalue weighted by Crippen LogP contribution is 2.37. The van der Waals surface area contributed by atoms with Gasteiger partial charge in [0, 0.05) is 0 Å². The topological polar surface area (TPSA) is 80.2 Å². The summed E-state index contributed by atoms with van der Waals surface area (Å²) in [5, 5.41) is 15.9. The van der Waals surface area contributed by atoms with Crippen molar-refractivity contribution >= 4 is 38.8 Å². The van der Waals surface area contributed by atoms with Gasteiger partial charge in [-0.1, -0.05) is 24.3 Å². The van der Waals surface area contributed by atoms with E-state index in [1.165, 1.54) is 6.21 Å². The average molecular weight is 471 g/mol. The first kappa shape index (κ1) is 21.6. The second-order valence-electron chi connectivity index (χ2n) is 6.85. The van der Waals surface area contributed by atoms with E-state index in [0.717, 1.165) is 15.2 Å². The van der Waals surface area contributed by atoms with Crippen molar-refractivity contribution in [2.75, 3.05) is 6.61 Å². The van der Waals surface area contributed by atoms with Crippen molar-refractivity contribution in [2.24, 2.45) is 5.10 Å². The van der Waals surface area contributed by atoms with Gasteiger partial charge < -0.3 is 14.6 Å². The third-order valence-corrected chi connectivity index (χ3v) is 4.76. The van der Waals surface area contributed by atoms with Gasteiger partial charge in [0.2, 0.25) is 0 Å². The second-order valence-corrected chi connectivity index (χ2v) is 7.70. The Labute approximate surface area is 183 Å².